The lowest BCUT2D eigenvalue weighted by atomic mass is 10.1. The zero-order valence-corrected chi connectivity index (χ0v) is 9.97. The Morgan fingerprint density at radius 2 is 2.47 bits per heavy atom. The van der Waals surface area contributed by atoms with Gasteiger partial charge >= 0.3 is 0 Å². The van der Waals surface area contributed by atoms with Crippen LogP contribution in [0.15, 0.2) is 29.1 Å². The molecule has 0 radical (unpaired) electrons. The van der Waals surface area contributed by atoms with Crippen LogP contribution < -0.4 is 5.32 Å². The first-order valence-corrected chi connectivity index (χ1v) is 5.23. The molecule has 2 N–H and O–H groups in total. The Balaban J connectivity index is 2.35. The van der Waals surface area contributed by atoms with Crippen molar-refractivity contribution in [2.75, 3.05) is 20.3 Å². The highest BCUT2D eigenvalue weighted by Crippen LogP contribution is 2.03. The van der Waals surface area contributed by atoms with Crippen LogP contribution in [0.4, 0.5) is 0 Å². The van der Waals surface area contributed by atoms with Gasteiger partial charge in [-0.3, -0.25) is 4.79 Å². The number of nitrogens with one attached hydrogen (secondary N) is 1. The molecule has 0 aliphatic rings. The van der Waals surface area contributed by atoms with E-state index in [1.165, 1.54) is 25.7 Å². The van der Waals surface area contributed by atoms with Crippen LogP contribution in [0.5, 0.6) is 0 Å². The highest BCUT2D eigenvalue weighted by molar-refractivity contribution is 5.91. The monoisotopic (exact) mass is 239 g/mol. The van der Waals surface area contributed by atoms with Crippen LogP contribution in [-0.2, 0) is 9.53 Å². The highest BCUT2D eigenvalue weighted by atomic mass is 16.5. The molecule has 0 aliphatic heterocycles. The van der Waals surface area contributed by atoms with E-state index in [9.17, 15) is 9.90 Å². The first-order valence-electron chi connectivity index (χ1n) is 5.23. The minimum Gasteiger partial charge on any atom is -0.472 e. The largest absolute Gasteiger partial charge is 0.472 e. The highest BCUT2D eigenvalue weighted by Gasteiger charge is 2.20. The molecule has 0 aromatic carbocycles. The maximum Gasteiger partial charge on any atom is 0.244 e. The molecule has 1 aromatic rings. The van der Waals surface area contributed by atoms with E-state index in [-0.39, 0.29) is 19.1 Å². The summed E-state index contributed by atoms with van der Waals surface area (Å²) in [5, 5.41) is 12.3. The van der Waals surface area contributed by atoms with Crippen molar-refractivity contribution >= 4 is 12.0 Å². The predicted molar refractivity (Wildman–Crippen MR) is 63.3 cm³/mol. The molecule has 0 fully saturated rings. The zero-order valence-electron chi connectivity index (χ0n) is 9.97. The van der Waals surface area contributed by atoms with Crippen LogP contribution >= 0.6 is 0 Å². The van der Waals surface area contributed by atoms with Crippen molar-refractivity contribution in [3.05, 3.63) is 30.2 Å². The normalized spacial score (nSPS) is 14.8. The molecule has 94 valence electrons. The van der Waals surface area contributed by atoms with E-state index in [2.05, 4.69) is 5.32 Å². The number of amides is 1. The summed E-state index contributed by atoms with van der Waals surface area (Å²) in [6.07, 6.45) is 6.07. The van der Waals surface area contributed by atoms with Gasteiger partial charge in [-0.05, 0) is 19.1 Å². The van der Waals surface area contributed by atoms with Gasteiger partial charge in [0.15, 0.2) is 0 Å². The summed E-state index contributed by atoms with van der Waals surface area (Å²) < 4.78 is 9.68. The molecule has 5 heteroatoms. The Morgan fingerprint density at radius 3 is 3.06 bits per heavy atom. The second-order valence-corrected chi connectivity index (χ2v) is 4.04. The van der Waals surface area contributed by atoms with E-state index in [4.69, 9.17) is 9.15 Å². The Morgan fingerprint density at radius 1 is 1.71 bits per heavy atom. The average Bonchev–Trinajstić information content (AvgIpc) is 2.76. The minimum absolute atomic E-state index is 0.134. The molecule has 0 bridgehead atoms. The maximum absolute atomic E-state index is 11.4. The number of carbonyl (C=O) groups is 1. The molecule has 17 heavy (non-hydrogen) atoms. The van der Waals surface area contributed by atoms with Crippen LogP contribution in [0.1, 0.15) is 12.5 Å². The van der Waals surface area contributed by atoms with E-state index in [1.807, 2.05) is 0 Å². The summed E-state index contributed by atoms with van der Waals surface area (Å²) in [6.45, 7) is 1.89. The van der Waals surface area contributed by atoms with Gasteiger partial charge in [-0.15, -0.1) is 0 Å². The van der Waals surface area contributed by atoms with Gasteiger partial charge in [0.2, 0.25) is 5.91 Å². The fraction of sp³-hybridized carbons (Fsp3) is 0.417. The van der Waals surface area contributed by atoms with Gasteiger partial charge in [0.25, 0.3) is 0 Å². The van der Waals surface area contributed by atoms with E-state index in [0.717, 1.165) is 5.56 Å². The number of carbonyl (C=O) groups excluding carboxylic acids is 1. The van der Waals surface area contributed by atoms with Crippen LogP contribution in [-0.4, -0.2) is 36.9 Å². The van der Waals surface area contributed by atoms with Gasteiger partial charge in [-0.2, -0.15) is 0 Å². The number of methoxy groups -OCH3 is 1. The Bertz CT molecular complexity index is 368. The third kappa shape index (κ3) is 5.33. The maximum atomic E-state index is 11.4. The van der Waals surface area contributed by atoms with E-state index < -0.39 is 5.60 Å². The summed E-state index contributed by atoms with van der Waals surface area (Å²) in [4.78, 5) is 11.4. The number of ether oxygens (including phenoxy) is 1. The Kier molecular flexibility index (Phi) is 4.93. The van der Waals surface area contributed by atoms with Gasteiger partial charge in [0, 0.05) is 25.3 Å². The second-order valence-electron chi connectivity index (χ2n) is 4.04. The number of hydrogen-bond donors (Lipinski definition) is 2. The van der Waals surface area contributed by atoms with Gasteiger partial charge < -0.3 is 19.6 Å². The van der Waals surface area contributed by atoms with Crippen molar-refractivity contribution in [1.82, 2.24) is 5.32 Å². The lowest BCUT2D eigenvalue weighted by Crippen LogP contribution is -2.43. The van der Waals surface area contributed by atoms with E-state index >= 15 is 0 Å². The summed E-state index contributed by atoms with van der Waals surface area (Å²) >= 11 is 0. The van der Waals surface area contributed by atoms with Gasteiger partial charge in [0.05, 0.1) is 19.1 Å². The van der Waals surface area contributed by atoms with Gasteiger partial charge in [0.1, 0.15) is 5.60 Å². The van der Waals surface area contributed by atoms with Crippen LogP contribution in [0, 0.1) is 0 Å². The molecule has 5 nitrogen and oxygen atoms in total. The van der Waals surface area contributed by atoms with Crippen molar-refractivity contribution in [3.63, 3.8) is 0 Å². The van der Waals surface area contributed by atoms with Crippen LogP contribution in [0.25, 0.3) is 6.08 Å². The molecule has 1 aromatic heterocycles. The zero-order chi connectivity index (χ0) is 12.7. The fourth-order valence-corrected chi connectivity index (χ4v) is 1.24. The van der Waals surface area contributed by atoms with E-state index in [1.54, 1.807) is 19.1 Å². The summed E-state index contributed by atoms with van der Waals surface area (Å²) in [7, 11) is 1.50. The molecule has 1 unspecified atom stereocenters. The molecule has 0 aliphatic carbocycles. The lowest BCUT2D eigenvalue weighted by molar-refractivity contribution is -0.118. The standard InChI is InChI=1S/C12H17NO4/c1-12(15,9-16-2)8-13-11(14)4-3-10-5-6-17-7-10/h3-7,15H,8-9H2,1-2H3,(H,13,14). The molecular formula is C12H17NO4. The molecule has 0 saturated heterocycles. The summed E-state index contributed by atoms with van der Waals surface area (Å²) in [6, 6.07) is 1.74. The average molecular weight is 239 g/mol. The second kappa shape index (κ2) is 6.22. The number of aliphatic hydroxyl groups is 1. The van der Waals surface area contributed by atoms with Crippen molar-refractivity contribution in [2.24, 2.45) is 0 Å². The van der Waals surface area contributed by atoms with Crippen molar-refractivity contribution in [1.29, 1.82) is 0 Å². The lowest BCUT2D eigenvalue weighted by Gasteiger charge is -2.21. The first kappa shape index (κ1) is 13.5. The Hall–Kier alpha value is -1.59. The molecule has 0 saturated carbocycles. The third-order valence-corrected chi connectivity index (χ3v) is 2.07. The SMILES string of the molecule is COCC(C)(O)CNC(=O)C=Cc1ccoc1. The number of rotatable bonds is 6. The smallest absolute Gasteiger partial charge is 0.244 e. The fourth-order valence-electron chi connectivity index (χ4n) is 1.24. The van der Waals surface area contributed by atoms with E-state index in [0.29, 0.717) is 0 Å². The van der Waals surface area contributed by atoms with Crippen molar-refractivity contribution in [3.8, 4) is 0 Å². The first-order chi connectivity index (χ1) is 8.03. The molecule has 0 spiro atoms. The summed E-state index contributed by atoms with van der Waals surface area (Å²) in [5.74, 6) is -0.275. The number of furan rings is 1. The van der Waals surface area contributed by atoms with Gasteiger partial charge in [-0.1, -0.05) is 0 Å². The molecular weight excluding hydrogens is 222 g/mol. The van der Waals surface area contributed by atoms with Crippen LogP contribution in [0.2, 0.25) is 0 Å². The molecule has 1 amide bonds. The number of hydrogen-bond acceptors (Lipinski definition) is 4. The Labute approximate surface area is 100 Å². The molecule has 1 heterocycles. The molecule has 1 rings (SSSR count). The topological polar surface area (TPSA) is 71.7 Å². The van der Waals surface area contributed by atoms with Crippen molar-refractivity contribution < 1.29 is 19.1 Å². The summed E-state index contributed by atoms with van der Waals surface area (Å²) in [5.41, 5.74) is -0.253. The third-order valence-electron chi connectivity index (χ3n) is 2.07. The predicted octanol–water partition coefficient (Wildman–Crippen LogP) is 0.806. The van der Waals surface area contributed by atoms with Crippen molar-refractivity contribution in [2.45, 2.75) is 12.5 Å². The quantitative estimate of drug-likeness (QED) is 0.720. The minimum atomic E-state index is -1.06. The van der Waals surface area contributed by atoms with Crippen LogP contribution in [0.3, 0.4) is 0 Å². The van der Waals surface area contributed by atoms with Gasteiger partial charge in [-0.25, -0.2) is 0 Å². The molecule has 1 atom stereocenters.